The Bertz CT molecular complexity index is 2190. The molecule has 1 saturated heterocycles. The fraction of sp³-hybridized carbons (Fsp3) is 0.480. The summed E-state index contributed by atoms with van der Waals surface area (Å²) in [5.41, 5.74) is 3.58. The number of aliphatic hydroxyl groups excluding tert-OH is 2. The summed E-state index contributed by atoms with van der Waals surface area (Å²) in [6.07, 6.45) is 9.49. The van der Waals surface area contributed by atoms with E-state index in [9.17, 15) is 24.7 Å². The number of oxime groups is 1. The Morgan fingerprint density at radius 1 is 1.05 bits per heavy atom. The van der Waals surface area contributed by atoms with E-state index in [-0.39, 0.29) is 56.4 Å². The van der Waals surface area contributed by atoms with Gasteiger partial charge in [0.2, 0.25) is 12.1 Å². The number of nitrogens with zero attached hydrogens (tertiary/aromatic N) is 3. The van der Waals surface area contributed by atoms with Gasteiger partial charge in [0, 0.05) is 56.2 Å². The molecule has 7 rings (SSSR count). The van der Waals surface area contributed by atoms with Crippen LogP contribution in [0.4, 0.5) is 9.18 Å². The molecule has 0 bridgehead atoms. The minimum atomic E-state index is -1.59. The van der Waals surface area contributed by atoms with Crippen molar-refractivity contribution in [3.05, 3.63) is 119 Å². The summed E-state index contributed by atoms with van der Waals surface area (Å²) in [5, 5.41) is 37.1. The van der Waals surface area contributed by atoms with E-state index in [0.29, 0.717) is 72.7 Å². The molecule has 14 heteroatoms. The van der Waals surface area contributed by atoms with Crippen molar-refractivity contribution >= 4 is 17.7 Å². The number of unbranched alkanes of at least 4 members (excludes halogenated alkanes) is 2. The molecular formula is C50H59FN4O9. The Morgan fingerprint density at radius 2 is 1.81 bits per heavy atom. The van der Waals surface area contributed by atoms with Crippen LogP contribution in [0, 0.1) is 34.9 Å². The molecule has 3 aromatic rings. The number of allylic oxidation sites excluding steroid dienone is 1. The lowest BCUT2D eigenvalue weighted by atomic mass is 9.55. The van der Waals surface area contributed by atoms with Gasteiger partial charge in [-0.1, -0.05) is 42.3 Å². The van der Waals surface area contributed by atoms with Crippen molar-refractivity contribution in [2.24, 2.45) is 22.9 Å². The predicted octanol–water partition coefficient (Wildman–Crippen LogP) is 8.31. The predicted molar refractivity (Wildman–Crippen MR) is 237 cm³/mol. The highest BCUT2D eigenvalue weighted by molar-refractivity contribution is 6.03. The minimum absolute atomic E-state index is 0.0263. The average Bonchev–Trinajstić information content (AvgIpc) is 3.31. The van der Waals surface area contributed by atoms with Crippen LogP contribution in [0.25, 0.3) is 0 Å². The van der Waals surface area contributed by atoms with E-state index < -0.39 is 35.9 Å². The molecule has 340 valence electrons. The fourth-order valence-electron chi connectivity index (χ4n) is 9.88. The monoisotopic (exact) mass is 878 g/mol. The molecule has 4 aliphatic rings. The number of nitriles is 1. The lowest BCUT2D eigenvalue weighted by molar-refractivity contribution is -0.255. The highest BCUT2D eigenvalue weighted by Gasteiger charge is 2.65. The Hall–Kier alpha value is -5.59. The van der Waals surface area contributed by atoms with Crippen LogP contribution in [0.15, 0.2) is 96.2 Å². The summed E-state index contributed by atoms with van der Waals surface area (Å²) in [4.78, 5) is 36.1. The number of carbonyl (C=O) groups excluding carboxylic acids is 2. The van der Waals surface area contributed by atoms with Crippen molar-refractivity contribution in [3.63, 3.8) is 0 Å². The molecule has 1 saturated carbocycles. The van der Waals surface area contributed by atoms with Crippen LogP contribution in [0.5, 0.6) is 11.5 Å². The van der Waals surface area contributed by atoms with Crippen LogP contribution in [0.1, 0.15) is 104 Å². The maximum absolute atomic E-state index is 15.3. The Balaban J connectivity index is 1.48. The molecule has 64 heavy (non-hydrogen) atoms. The number of ether oxygens (including phenoxy) is 4. The molecule has 7 atom stereocenters. The molecule has 3 aromatic carbocycles. The van der Waals surface area contributed by atoms with Crippen molar-refractivity contribution in [1.29, 1.82) is 5.26 Å². The summed E-state index contributed by atoms with van der Waals surface area (Å²) in [5.74, 6) is -2.69. The number of aliphatic hydroxyl groups is 2. The zero-order valence-corrected chi connectivity index (χ0v) is 36.5. The maximum atomic E-state index is 15.3. The molecule has 2 aliphatic heterocycles. The first-order valence-electron chi connectivity index (χ1n) is 22.6. The number of fused-ring (bicyclic) bond motifs is 2. The lowest BCUT2D eigenvalue weighted by Gasteiger charge is -2.60. The van der Waals surface area contributed by atoms with Crippen LogP contribution >= 0.6 is 0 Å². The van der Waals surface area contributed by atoms with E-state index in [1.807, 2.05) is 13.0 Å². The van der Waals surface area contributed by atoms with Crippen molar-refractivity contribution in [1.82, 2.24) is 10.2 Å². The Morgan fingerprint density at radius 3 is 2.50 bits per heavy atom. The van der Waals surface area contributed by atoms with Crippen LogP contribution < -0.4 is 14.8 Å². The third kappa shape index (κ3) is 10.3. The number of rotatable bonds is 19. The highest BCUT2D eigenvalue weighted by Crippen LogP contribution is 2.62. The molecule has 0 spiro atoms. The van der Waals surface area contributed by atoms with Gasteiger partial charge < -0.3 is 44.2 Å². The van der Waals surface area contributed by atoms with Crippen molar-refractivity contribution < 1.29 is 48.0 Å². The van der Waals surface area contributed by atoms with E-state index in [1.54, 1.807) is 59.5 Å². The molecule has 0 aromatic heterocycles. The molecule has 2 heterocycles. The number of halogens is 1. The van der Waals surface area contributed by atoms with E-state index in [4.69, 9.17) is 28.9 Å². The van der Waals surface area contributed by atoms with E-state index in [2.05, 4.69) is 24.0 Å². The third-order valence-corrected chi connectivity index (χ3v) is 12.8. The van der Waals surface area contributed by atoms with Crippen LogP contribution in [0.2, 0.25) is 0 Å². The first kappa shape index (κ1) is 46.4. The summed E-state index contributed by atoms with van der Waals surface area (Å²) in [6, 6.07) is 19.0. The Kier molecular flexibility index (Phi) is 15.9. The third-order valence-electron chi connectivity index (χ3n) is 12.8. The van der Waals surface area contributed by atoms with Gasteiger partial charge in [-0.15, -0.1) is 6.58 Å². The SMILES string of the molecule is C=CCO[C@@]12Oc3ccc(OC(=O)NCC)cc3[C@H]3[C@H](CCCCO)[C@@H](CCCCO)C=C(C(=NOC4CCCCO4)C[C@@H]1N(Cc1ccc(F)cc1)C(=O)c1ccc(C#N)cc1)[C@H]32. The molecule has 2 fully saturated rings. The number of hydrogen-bond donors (Lipinski definition) is 3. The summed E-state index contributed by atoms with van der Waals surface area (Å²) in [6.45, 7) is 6.91. The smallest absolute Gasteiger partial charge is 0.412 e. The molecule has 13 nitrogen and oxygen atoms in total. The van der Waals surface area contributed by atoms with Crippen molar-refractivity contribution in [3.8, 4) is 17.6 Å². The number of amides is 2. The maximum Gasteiger partial charge on any atom is 0.412 e. The zero-order valence-electron chi connectivity index (χ0n) is 36.5. The number of benzene rings is 3. The number of nitrogens with one attached hydrogen (secondary N) is 1. The Labute approximate surface area is 374 Å². The largest absolute Gasteiger partial charge is 0.459 e. The van der Waals surface area contributed by atoms with Crippen molar-refractivity contribution in [2.45, 2.75) is 102 Å². The quantitative estimate of drug-likeness (QED) is 0.0604. The molecular weight excluding hydrogens is 820 g/mol. The van der Waals surface area contributed by atoms with Crippen LogP contribution in [0.3, 0.4) is 0 Å². The van der Waals surface area contributed by atoms with Gasteiger partial charge in [-0.25, -0.2) is 9.18 Å². The van der Waals surface area contributed by atoms with Gasteiger partial charge in [0.15, 0.2) is 0 Å². The summed E-state index contributed by atoms with van der Waals surface area (Å²) >= 11 is 0. The minimum Gasteiger partial charge on any atom is -0.459 e. The number of carbonyl (C=O) groups is 2. The summed E-state index contributed by atoms with van der Waals surface area (Å²) in [7, 11) is 0. The van der Waals surface area contributed by atoms with E-state index >= 15 is 4.79 Å². The molecule has 1 unspecified atom stereocenters. The lowest BCUT2D eigenvalue weighted by Crippen LogP contribution is -2.70. The molecule has 2 aliphatic carbocycles. The van der Waals surface area contributed by atoms with Gasteiger partial charge >= 0.3 is 6.09 Å². The zero-order chi connectivity index (χ0) is 45.1. The second kappa shape index (κ2) is 21.9. The van der Waals surface area contributed by atoms with Gasteiger partial charge in [0.05, 0.1) is 36.5 Å². The van der Waals surface area contributed by atoms with Crippen molar-refractivity contribution in [2.75, 3.05) is 33.0 Å². The molecule has 0 radical (unpaired) electrons. The average molecular weight is 879 g/mol. The van der Waals surface area contributed by atoms with E-state index in [1.165, 1.54) is 12.1 Å². The second-order valence-corrected chi connectivity index (χ2v) is 16.8. The van der Waals surface area contributed by atoms with Crippen LogP contribution in [-0.2, 0) is 20.9 Å². The number of hydrogen-bond acceptors (Lipinski definition) is 11. The first-order valence-corrected chi connectivity index (χ1v) is 22.6. The highest BCUT2D eigenvalue weighted by atomic mass is 19.1. The van der Waals surface area contributed by atoms with Gasteiger partial charge in [-0.05, 0) is 123 Å². The normalized spacial score (nSPS) is 25.1. The van der Waals surface area contributed by atoms with Gasteiger partial charge in [-0.3, -0.25) is 4.79 Å². The van der Waals surface area contributed by atoms with Crippen LogP contribution in [-0.4, -0.2) is 83.9 Å². The topological polar surface area (TPSA) is 172 Å². The van der Waals surface area contributed by atoms with Gasteiger partial charge in [-0.2, -0.15) is 5.26 Å². The fourth-order valence-corrected chi connectivity index (χ4v) is 9.88. The standard InChI is InChI=1S/C50H59FN4O9/c1-3-26-61-50-44(55(32-34-16-20-37(51)21-17-34)48(58)35-18-14-33(31-52)15-19-35)30-42(54-64-45-13-7-10-27-60-45)40-28-36(11-5-8-24-56)39(12-6-9-25-57)46(47(40)50)41-29-38(22-23-43(41)63-50)62-49(59)53-4-2/h3,14-23,28-29,36,39,44-47,56-57H,1,4-13,24-27,30,32H2,2H3,(H,53,59)/t36-,39+,44-,45?,46+,47+,50+/m0/s1. The van der Waals surface area contributed by atoms with Gasteiger partial charge in [0.1, 0.15) is 23.4 Å². The van der Waals surface area contributed by atoms with E-state index in [0.717, 1.165) is 43.2 Å². The summed E-state index contributed by atoms with van der Waals surface area (Å²) < 4.78 is 40.6. The molecule has 2 amide bonds. The second-order valence-electron chi connectivity index (χ2n) is 16.8. The first-order chi connectivity index (χ1) is 31.2. The van der Waals surface area contributed by atoms with Gasteiger partial charge in [0.25, 0.3) is 5.91 Å². The molecule has 3 N–H and O–H groups in total.